The van der Waals surface area contributed by atoms with Crippen LogP contribution in [0, 0.1) is 18.3 Å². The molecule has 1 N–H and O–H groups in total. The van der Waals surface area contributed by atoms with Crippen molar-refractivity contribution in [3.8, 4) is 6.07 Å². The average Bonchev–Trinajstić information content (AvgIpc) is 2.97. The number of nitrogens with one attached hydrogen (secondary N) is 1. The van der Waals surface area contributed by atoms with E-state index >= 15 is 0 Å². The van der Waals surface area contributed by atoms with Crippen molar-refractivity contribution in [1.82, 2.24) is 9.88 Å². The number of likely N-dealkylation sites (tertiary alicyclic amines) is 1. The van der Waals surface area contributed by atoms with Gasteiger partial charge in [-0.2, -0.15) is 5.26 Å². The molecule has 23 heavy (non-hydrogen) atoms. The number of benzene rings is 1. The predicted molar refractivity (Wildman–Crippen MR) is 89.1 cm³/mol. The number of anilines is 1. The third kappa shape index (κ3) is 3.72. The molecule has 5 heteroatoms. The molecular weight excluding hydrogens is 288 g/mol. The lowest BCUT2D eigenvalue weighted by molar-refractivity contribution is 0.170. The Hall–Kier alpha value is -2.32. The molecule has 2 heterocycles. The van der Waals surface area contributed by atoms with Crippen LogP contribution in [0.5, 0.6) is 0 Å². The molecule has 120 valence electrons. The molecule has 1 saturated heterocycles. The first kappa shape index (κ1) is 15.6. The Labute approximate surface area is 136 Å². The summed E-state index contributed by atoms with van der Waals surface area (Å²) in [5.74, 6) is 0.987. The van der Waals surface area contributed by atoms with Crippen LogP contribution >= 0.6 is 0 Å². The summed E-state index contributed by atoms with van der Waals surface area (Å²) in [6.45, 7) is 4.68. The number of aryl methyl sites for hydroxylation is 1. The highest BCUT2D eigenvalue weighted by Crippen LogP contribution is 2.26. The molecule has 1 aliphatic heterocycles. The summed E-state index contributed by atoms with van der Waals surface area (Å²) in [6, 6.07) is 12.9. The van der Waals surface area contributed by atoms with Crippen molar-refractivity contribution >= 4 is 5.88 Å². The summed E-state index contributed by atoms with van der Waals surface area (Å²) < 4.78 is 5.52. The van der Waals surface area contributed by atoms with E-state index in [4.69, 9.17) is 9.68 Å². The van der Waals surface area contributed by atoms with E-state index in [1.165, 1.54) is 24.8 Å². The Bertz CT molecular complexity index is 668. The van der Waals surface area contributed by atoms with Crippen LogP contribution in [0.1, 0.15) is 42.5 Å². The van der Waals surface area contributed by atoms with Crippen LogP contribution in [0.3, 0.4) is 0 Å². The minimum absolute atomic E-state index is 0.272. The van der Waals surface area contributed by atoms with Gasteiger partial charge in [-0.15, -0.1) is 0 Å². The van der Waals surface area contributed by atoms with E-state index in [1.807, 2.05) is 6.07 Å². The van der Waals surface area contributed by atoms with E-state index < -0.39 is 0 Å². The highest BCUT2D eigenvalue weighted by Gasteiger charge is 2.23. The first-order valence-corrected chi connectivity index (χ1v) is 8.18. The molecule has 1 aliphatic rings. The lowest BCUT2D eigenvalue weighted by Crippen LogP contribution is -2.37. The van der Waals surface area contributed by atoms with E-state index in [0.29, 0.717) is 24.0 Å². The maximum atomic E-state index is 9.14. The van der Waals surface area contributed by atoms with Crippen molar-refractivity contribution in [1.29, 1.82) is 5.26 Å². The molecule has 0 unspecified atom stereocenters. The second-order valence-electron chi connectivity index (χ2n) is 5.93. The molecule has 2 aromatic rings. The van der Waals surface area contributed by atoms with Crippen LogP contribution in [-0.2, 0) is 0 Å². The third-order valence-corrected chi connectivity index (χ3v) is 4.31. The standard InChI is InChI=1S/C18H22N4O/c1-14-21-16(12-19)18(23-14)20-13-17(15-8-4-2-5-9-15)22-10-6-3-7-11-22/h2,4-5,8-9,17,20H,3,6-7,10-11,13H2,1H3/t17-/m0/s1. The van der Waals surface area contributed by atoms with Gasteiger partial charge in [0.1, 0.15) is 6.07 Å². The van der Waals surface area contributed by atoms with Crippen LogP contribution in [-0.4, -0.2) is 29.5 Å². The molecule has 0 radical (unpaired) electrons. The second kappa shape index (κ2) is 7.30. The number of hydrogen-bond acceptors (Lipinski definition) is 5. The number of nitrogens with zero attached hydrogens (tertiary/aromatic N) is 3. The number of aromatic nitrogens is 1. The fourth-order valence-electron chi connectivity index (χ4n) is 3.18. The molecule has 5 nitrogen and oxygen atoms in total. The second-order valence-corrected chi connectivity index (χ2v) is 5.93. The van der Waals surface area contributed by atoms with Crippen molar-refractivity contribution in [2.24, 2.45) is 0 Å². The Balaban J connectivity index is 1.77. The van der Waals surface area contributed by atoms with Crippen LogP contribution in [0.2, 0.25) is 0 Å². The Morgan fingerprint density at radius 2 is 2.00 bits per heavy atom. The zero-order valence-electron chi connectivity index (χ0n) is 13.5. The topological polar surface area (TPSA) is 65.1 Å². The van der Waals surface area contributed by atoms with Gasteiger partial charge >= 0.3 is 0 Å². The molecule has 0 spiro atoms. The monoisotopic (exact) mass is 310 g/mol. The maximum absolute atomic E-state index is 9.14. The van der Waals surface area contributed by atoms with E-state index in [1.54, 1.807) is 6.92 Å². The van der Waals surface area contributed by atoms with Crippen molar-refractivity contribution < 1.29 is 4.42 Å². The molecule has 1 aromatic heterocycles. The quantitative estimate of drug-likeness (QED) is 0.915. The normalized spacial score (nSPS) is 16.7. The number of piperidine rings is 1. The lowest BCUT2D eigenvalue weighted by Gasteiger charge is -2.35. The molecule has 1 fully saturated rings. The van der Waals surface area contributed by atoms with Gasteiger partial charge in [0.05, 0.1) is 6.04 Å². The first-order valence-electron chi connectivity index (χ1n) is 8.18. The lowest BCUT2D eigenvalue weighted by atomic mass is 10.0. The van der Waals surface area contributed by atoms with Gasteiger partial charge in [-0.25, -0.2) is 4.98 Å². The molecule has 0 saturated carbocycles. The van der Waals surface area contributed by atoms with E-state index in [0.717, 1.165) is 13.1 Å². The first-order chi connectivity index (χ1) is 11.3. The smallest absolute Gasteiger partial charge is 0.232 e. The Kier molecular flexibility index (Phi) is 4.94. The molecule has 0 aliphatic carbocycles. The minimum atomic E-state index is 0.272. The molecule has 3 rings (SSSR count). The van der Waals surface area contributed by atoms with Gasteiger partial charge < -0.3 is 9.73 Å². The average molecular weight is 310 g/mol. The molecule has 0 amide bonds. The van der Waals surface area contributed by atoms with Gasteiger partial charge in [-0.3, -0.25) is 4.90 Å². The number of hydrogen-bond donors (Lipinski definition) is 1. The van der Waals surface area contributed by atoms with Crippen LogP contribution in [0.4, 0.5) is 5.88 Å². The van der Waals surface area contributed by atoms with Crippen LogP contribution in [0.15, 0.2) is 34.7 Å². The Morgan fingerprint density at radius 3 is 2.70 bits per heavy atom. The zero-order valence-corrected chi connectivity index (χ0v) is 13.5. The molecular formula is C18H22N4O. The van der Waals surface area contributed by atoms with Crippen molar-refractivity contribution in [2.45, 2.75) is 32.2 Å². The van der Waals surface area contributed by atoms with Gasteiger partial charge in [-0.1, -0.05) is 36.8 Å². The number of nitriles is 1. The molecule has 1 aromatic carbocycles. The minimum Gasteiger partial charge on any atom is -0.424 e. The van der Waals surface area contributed by atoms with Gasteiger partial charge in [0.2, 0.25) is 11.6 Å². The molecule has 0 bridgehead atoms. The zero-order chi connectivity index (χ0) is 16.1. The summed E-state index contributed by atoms with van der Waals surface area (Å²) in [5, 5.41) is 12.4. The summed E-state index contributed by atoms with van der Waals surface area (Å²) in [7, 11) is 0. The van der Waals surface area contributed by atoms with Gasteiger partial charge in [0, 0.05) is 13.5 Å². The van der Waals surface area contributed by atoms with Crippen molar-refractivity contribution in [2.75, 3.05) is 25.0 Å². The predicted octanol–water partition coefficient (Wildman–Crippen LogP) is 3.49. The summed E-state index contributed by atoms with van der Waals surface area (Å²) in [4.78, 5) is 6.60. The fourth-order valence-corrected chi connectivity index (χ4v) is 3.18. The number of rotatable bonds is 5. The summed E-state index contributed by atoms with van der Waals surface area (Å²) >= 11 is 0. The number of oxazole rings is 1. The van der Waals surface area contributed by atoms with Gasteiger partial charge in [0.25, 0.3) is 0 Å². The van der Waals surface area contributed by atoms with Crippen LogP contribution in [0.25, 0.3) is 0 Å². The van der Waals surface area contributed by atoms with E-state index in [2.05, 4.69) is 45.5 Å². The Morgan fingerprint density at radius 1 is 1.26 bits per heavy atom. The van der Waals surface area contributed by atoms with Gasteiger partial charge in [-0.05, 0) is 31.5 Å². The molecule has 1 atom stereocenters. The third-order valence-electron chi connectivity index (χ3n) is 4.31. The van der Waals surface area contributed by atoms with Crippen molar-refractivity contribution in [3.63, 3.8) is 0 Å². The highest BCUT2D eigenvalue weighted by molar-refractivity contribution is 5.45. The van der Waals surface area contributed by atoms with E-state index in [-0.39, 0.29) is 6.04 Å². The largest absolute Gasteiger partial charge is 0.424 e. The van der Waals surface area contributed by atoms with Crippen molar-refractivity contribution in [3.05, 3.63) is 47.5 Å². The van der Waals surface area contributed by atoms with Gasteiger partial charge in [0.15, 0.2) is 5.89 Å². The summed E-state index contributed by atoms with van der Waals surface area (Å²) in [5.41, 5.74) is 1.62. The summed E-state index contributed by atoms with van der Waals surface area (Å²) in [6.07, 6.45) is 3.80. The maximum Gasteiger partial charge on any atom is 0.232 e. The fraction of sp³-hybridized carbons (Fsp3) is 0.444. The highest BCUT2D eigenvalue weighted by atomic mass is 16.4. The van der Waals surface area contributed by atoms with E-state index in [9.17, 15) is 0 Å². The van der Waals surface area contributed by atoms with Crippen LogP contribution < -0.4 is 5.32 Å². The SMILES string of the molecule is Cc1nc(C#N)c(NC[C@@H](c2ccccc2)N2CCCCC2)o1.